The minimum absolute atomic E-state index is 0.0213. The van der Waals surface area contributed by atoms with Crippen molar-refractivity contribution in [2.75, 3.05) is 6.54 Å². The monoisotopic (exact) mass is 434 g/mol. The second-order valence-corrected chi connectivity index (χ2v) is 8.34. The quantitative estimate of drug-likeness (QED) is 0.737. The molecule has 0 unspecified atom stereocenters. The van der Waals surface area contributed by atoms with E-state index in [4.69, 9.17) is 0 Å². The second kappa shape index (κ2) is 7.35. The minimum atomic E-state index is -4.72. The molecule has 2 atom stereocenters. The summed E-state index contributed by atoms with van der Waals surface area (Å²) in [5.41, 5.74) is 1.54. The van der Waals surface area contributed by atoms with Gasteiger partial charge >= 0.3 is 12.1 Å². The molecule has 5 rings (SSSR count). The lowest BCUT2D eigenvalue weighted by Crippen LogP contribution is -2.53. The van der Waals surface area contributed by atoms with Gasteiger partial charge in [-0.1, -0.05) is 30.1 Å². The molecule has 0 bridgehead atoms. The third-order valence-electron chi connectivity index (χ3n) is 6.47. The number of hydrogen-bond acceptors (Lipinski definition) is 5. The fraction of sp³-hybridized carbons (Fsp3) is 0.524. The van der Waals surface area contributed by atoms with Gasteiger partial charge in [0, 0.05) is 30.6 Å². The molecule has 164 valence electrons. The first-order chi connectivity index (χ1) is 14.8. The predicted octanol–water partition coefficient (Wildman–Crippen LogP) is 3.64. The molecule has 3 heterocycles. The normalized spacial score (nSPS) is 24.2. The van der Waals surface area contributed by atoms with Gasteiger partial charge in [0.1, 0.15) is 0 Å². The number of carbonyl (C=O) groups is 2. The number of hydrogen-bond donors (Lipinski definition) is 0. The molecule has 1 saturated heterocycles. The number of alkyl halides is 3. The van der Waals surface area contributed by atoms with E-state index in [-0.39, 0.29) is 29.7 Å². The van der Waals surface area contributed by atoms with Gasteiger partial charge in [-0.2, -0.15) is 18.2 Å². The predicted molar refractivity (Wildman–Crippen MR) is 102 cm³/mol. The Morgan fingerprint density at radius 2 is 1.77 bits per heavy atom. The van der Waals surface area contributed by atoms with Crippen LogP contribution in [0.2, 0.25) is 0 Å². The Kier molecular flexibility index (Phi) is 4.75. The lowest BCUT2D eigenvalue weighted by atomic mass is 9.88. The molecular formula is C21H21F3N4O3. The molecule has 2 amide bonds. The van der Waals surface area contributed by atoms with Crippen molar-refractivity contribution in [3.05, 3.63) is 35.2 Å². The van der Waals surface area contributed by atoms with Crippen LogP contribution in [0.25, 0.3) is 11.4 Å². The topological polar surface area (TPSA) is 79.5 Å². The van der Waals surface area contributed by atoms with E-state index in [0.29, 0.717) is 24.1 Å². The number of halogens is 3. The molecule has 3 aliphatic rings. The number of fused-ring (bicyclic) bond motifs is 1. The van der Waals surface area contributed by atoms with Gasteiger partial charge in [-0.15, -0.1) is 0 Å². The van der Waals surface area contributed by atoms with E-state index in [0.717, 1.165) is 44.2 Å². The van der Waals surface area contributed by atoms with E-state index < -0.39 is 12.1 Å². The van der Waals surface area contributed by atoms with Crippen LogP contribution >= 0.6 is 0 Å². The molecular weight excluding hydrogens is 413 g/mol. The zero-order valence-corrected chi connectivity index (χ0v) is 16.7. The molecule has 1 aromatic heterocycles. The van der Waals surface area contributed by atoms with E-state index in [2.05, 4.69) is 14.7 Å². The number of rotatable bonds is 3. The van der Waals surface area contributed by atoms with Crippen LogP contribution in [0, 0.1) is 0 Å². The van der Waals surface area contributed by atoms with Crippen LogP contribution in [0.3, 0.4) is 0 Å². The average Bonchev–Trinajstić information content (AvgIpc) is 3.47. The summed E-state index contributed by atoms with van der Waals surface area (Å²) in [5.74, 6) is -1.64. The smallest absolute Gasteiger partial charge is 0.338 e. The van der Waals surface area contributed by atoms with Crippen LogP contribution in [0.5, 0.6) is 0 Å². The highest BCUT2D eigenvalue weighted by molar-refractivity contribution is 5.99. The number of likely N-dealkylation sites (tertiary alicyclic amines) is 1. The highest BCUT2D eigenvalue weighted by Crippen LogP contribution is 2.36. The SMILES string of the molecule is O=C1CCCN1[C@@H]1CCCC[C@H]1N1Cc2ccc(-c3noc(C(F)(F)F)n3)cc2C1=O. The summed E-state index contributed by atoms with van der Waals surface area (Å²) in [6.07, 6.45) is 0.430. The molecule has 2 fully saturated rings. The van der Waals surface area contributed by atoms with Crippen molar-refractivity contribution in [1.82, 2.24) is 19.9 Å². The van der Waals surface area contributed by atoms with E-state index in [1.807, 2.05) is 9.80 Å². The Bertz CT molecular complexity index is 1040. The zero-order chi connectivity index (χ0) is 21.8. The maximum Gasteiger partial charge on any atom is 0.471 e. The summed E-state index contributed by atoms with van der Waals surface area (Å²) < 4.78 is 42.6. The van der Waals surface area contributed by atoms with E-state index in [1.54, 1.807) is 12.1 Å². The molecule has 7 nitrogen and oxygen atoms in total. The maximum atomic E-state index is 13.3. The van der Waals surface area contributed by atoms with Crippen molar-refractivity contribution in [3.8, 4) is 11.4 Å². The number of benzene rings is 1. The van der Waals surface area contributed by atoms with Gasteiger partial charge in [0.05, 0.1) is 12.1 Å². The van der Waals surface area contributed by atoms with Gasteiger partial charge in [-0.3, -0.25) is 9.59 Å². The zero-order valence-electron chi connectivity index (χ0n) is 16.7. The number of amides is 2. The fourth-order valence-electron chi connectivity index (χ4n) is 5.02. The average molecular weight is 434 g/mol. The first kappa shape index (κ1) is 20.0. The van der Waals surface area contributed by atoms with Crippen molar-refractivity contribution < 1.29 is 27.3 Å². The van der Waals surface area contributed by atoms with Crippen molar-refractivity contribution >= 4 is 11.8 Å². The van der Waals surface area contributed by atoms with Crippen molar-refractivity contribution in [1.29, 1.82) is 0 Å². The molecule has 1 aliphatic carbocycles. The van der Waals surface area contributed by atoms with E-state index >= 15 is 0 Å². The first-order valence-electron chi connectivity index (χ1n) is 10.5. The second-order valence-electron chi connectivity index (χ2n) is 8.34. The third-order valence-corrected chi connectivity index (χ3v) is 6.47. The molecule has 2 aromatic rings. The Labute approximate surface area is 176 Å². The number of nitrogens with zero attached hydrogens (tertiary/aromatic N) is 4. The van der Waals surface area contributed by atoms with Crippen LogP contribution in [-0.2, 0) is 17.5 Å². The molecule has 31 heavy (non-hydrogen) atoms. The summed E-state index contributed by atoms with van der Waals surface area (Å²) in [4.78, 5) is 32.8. The largest absolute Gasteiger partial charge is 0.471 e. The van der Waals surface area contributed by atoms with Crippen molar-refractivity contribution in [3.63, 3.8) is 0 Å². The highest BCUT2D eigenvalue weighted by Gasteiger charge is 2.43. The minimum Gasteiger partial charge on any atom is -0.338 e. The van der Waals surface area contributed by atoms with Gasteiger partial charge in [0.25, 0.3) is 5.91 Å². The van der Waals surface area contributed by atoms with E-state index in [9.17, 15) is 22.8 Å². The Morgan fingerprint density at radius 3 is 2.42 bits per heavy atom. The molecule has 1 aromatic carbocycles. The van der Waals surface area contributed by atoms with Crippen LogP contribution in [-0.4, -0.2) is 50.4 Å². The summed E-state index contributed by atoms with van der Waals surface area (Å²) in [7, 11) is 0. The van der Waals surface area contributed by atoms with Gasteiger partial charge in [0.2, 0.25) is 11.7 Å². The van der Waals surface area contributed by atoms with Gasteiger partial charge < -0.3 is 14.3 Å². The summed E-state index contributed by atoms with van der Waals surface area (Å²) in [6.45, 7) is 1.16. The summed E-state index contributed by atoms with van der Waals surface area (Å²) in [5, 5.41) is 3.41. The highest BCUT2D eigenvalue weighted by atomic mass is 19.4. The van der Waals surface area contributed by atoms with Crippen LogP contribution < -0.4 is 0 Å². The Balaban J connectivity index is 1.41. The van der Waals surface area contributed by atoms with Crippen molar-refractivity contribution in [2.24, 2.45) is 0 Å². The Morgan fingerprint density at radius 1 is 1.03 bits per heavy atom. The van der Waals surface area contributed by atoms with Gasteiger partial charge in [-0.25, -0.2) is 0 Å². The fourth-order valence-corrected chi connectivity index (χ4v) is 5.02. The standard InChI is InChI=1S/C21H21F3N4O3/c22-21(23,24)20-25-18(26-31-20)12-7-8-13-11-28(19(30)14(13)10-12)16-5-2-1-4-15(16)27-9-3-6-17(27)29/h7-8,10,15-16H,1-6,9,11H2/t15-,16-/m1/s1. The van der Waals surface area contributed by atoms with Crippen LogP contribution in [0.4, 0.5) is 13.2 Å². The summed E-state index contributed by atoms with van der Waals surface area (Å²) in [6, 6.07) is 4.82. The molecule has 1 saturated carbocycles. The lowest BCUT2D eigenvalue weighted by Gasteiger charge is -2.42. The molecule has 10 heteroatoms. The number of aromatic nitrogens is 2. The molecule has 0 spiro atoms. The third kappa shape index (κ3) is 3.47. The lowest BCUT2D eigenvalue weighted by molar-refractivity contribution is -0.159. The van der Waals surface area contributed by atoms with Crippen molar-refractivity contribution in [2.45, 2.75) is 63.3 Å². The molecule has 2 aliphatic heterocycles. The number of carbonyl (C=O) groups excluding carboxylic acids is 2. The van der Waals surface area contributed by atoms with Gasteiger partial charge in [-0.05, 0) is 30.9 Å². The van der Waals surface area contributed by atoms with Crippen LogP contribution in [0.15, 0.2) is 22.7 Å². The van der Waals surface area contributed by atoms with Gasteiger partial charge in [0.15, 0.2) is 0 Å². The van der Waals surface area contributed by atoms with E-state index in [1.165, 1.54) is 6.07 Å². The first-order valence-corrected chi connectivity index (χ1v) is 10.5. The molecule has 0 N–H and O–H groups in total. The summed E-state index contributed by atoms with van der Waals surface area (Å²) >= 11 is 0. The Hall–Kier alpha value is -2.91. The van der Waals surface area contributed by atoms with Crippen LogP contribution in [0.1, 0.15) is 60.3 Å². The maximum absolute atomic E-state index is 13.3. The molecule has 0 radical (unpaired) electrons.